The lowest BCUT2D eigenvalue weighted by Crippen LogP contribution is -2.39. The number of rotatable bonds is 7. The summed E-state index contributed by atoms with van der Waals surface area (Å²) >= 11 is 3.54. The van der Waals surface area contributed by atoms with Crippen molar-refractivity contribution in [2.24, 2.45) is 4.99 Å². The second-order valence-corrected chi connectivity index (χ2v) is 7.14. The minimum atomic E-state index is 0.482. The number of aromatic nitrogens is 1. The van der Waals surface area contributed by atoms with Gasteiger partial charge in [0.05, 0.1) is 5.01 Å². The van der Waals surface area contributed by atoms with Crippen LogP contribution in [0, 0.1) is 0 Å². The molecule has 2 rings (SSSR count). The van der Waals surface area contributed by atoms with Gasteiger partial charge in [-0.2, -0.15) is 11.3 Å². The molecule has 0 bridgehead atoms. The first-order valence-electron chi connectivity index (χ1n) is 7.63. The molecule has 0 aromatic carbocycles. The van der Waals surface area contributed by atoms with Crippen molar-refractivity contribution in [2.75, 3.05) is 20.1 Å². The predicted octanol–water partition coefficient (Wildman–Crippen LogP) is 3.28. The molecule has 2 N–H and O–H groups in total. The Hall–Kier alpha value is -1.40. The Morgan fingerprint density at radius 2 is 2.27 bits per heavy atom. The van der Waals surface area contributed by atoms with Gasteiger partial charge in [0.15, 0.2) is 5.96 Å². The van der Waals surface area contributed by atoms with Gasteiger partial charge in [-0.1, -0.05) is 13.8 Å². The van der Waals surface area contributed by atoms with Crippen LogP contribution in [0.25, 0.3) is 0 Å². The summed E-state index contributed by atoms with van der Waals surface area (Å²) in [6.45, 7) is 6.12. The van der Waals surface area contributed by atoms with Crippen LogP contribution >= 0.6 is 22.7 Å². The number of hydrogen-bond donors (Lipinski definition) is 2. The molecule has 0 aliphatic heterocycles. The van der Waals surface area contributed by atoms with Crippen LogP contribution in [0.1, 0.15) is 35.2 Å². The van der Waals surface area contributed by atoms with Gasteiger partial charge < -0.3 is 10.6 Å². The van der Waals surface area contributed by atoms with Gasteiger partial charge in [-0.3, -0.25) is 4.99 Å². The van der Waals surface area contributed by atoms with E-state index in [0.717, 1.165) is 31.9 Å². The number of hydrogen-bond acceptors (Lipinski definition) is 4. The maximum Gasteiger partial charge on any atom is 0.191 e. The molecular weight excluding hydrogens is 312 g/mol. The van der Waals surface area contributed by atoms with Crippen molar-refractivity contribution in [1.82, 2.24) is 15.6 Å². The SMILES string of the molecule is CCc1cnc(CCNC(=NC)NCC(C)c2ccsc2)s1. The first kappa shape index (κ1) is 17.0. The molecule has 2 heterocycles. The molecule has 0 fully saturated rings. The van der Waals surface area contributed by atoms with Crippen LogP contribution in [-0.2, 0) is 12.8 Å². The van der Waals surface area contributed by atoms with E-state index in [9.17, 15) is 0 Å². The monoisotopic (exact) mass is 336 g/mol. The number of aliphatic imine (C=N–C) groups is 1. The third-order valence-electron chi connectivity index (χ3n) is 3.49. The Labute approximate surface area is 140 Å². The quantitative estimate of drug-likeness (QED) is 0.602. The zero-order chi connectivity index (χ0) is 15.8. The van der Waals surface area contributed by atoms with E-state index in [1.807, 2.05) is 13.2 Å². The normalized spacial score (nSPS) is 13.1. The fraction of sp³-hybridized carbons (Fsp3) is 0.500. The van der Waals surface area contributed by atoms with Gasteiger partial charge in [0, 0.05) is 37.6 Å². The summed E-state index contributed by atoms with van der Waals surface area (Å²) < 4.78 is 0. The Balaban J connectivity index is 1.71. The number of guanidine groups is 1. The average Bonchev–Trinajstić information content (AvgIpc) is 3.21. The number of nitrogens with one attached hydrogen (secondary N) is 2. The smallest absolute Gasteiger partial charge is 0.191 e. The van der Waals surface area contributed by atoms with Gasteiger partial charge in [0.25, 0.3) is 0 Å². The number of thiophene rings is 1. The third kappa shape index (κ3) is 5.10. The molecule has 2 aromatic rings. The lowest BCUT2D eigenvalue weighted by atomic mass is 10.1. The van der Waals surface area contributed by atoms with Crippen LogP contribution in [0.3, 0.4) is 0 Å². The minimum absolute atomic E-state index is 0.482. The van der Waals surface area contributed by atoms with Gasteiger partial charge in [-0.15, -0.1) is 11.3 Å². The van der Waals surface area contributed by atoms with E-state index < -0.39 is 0 Å². The van der Waals surface area contributed by atoms with Crippen molar-refractivity contribution in [1.29, 1.82) is 0 Å². The number of aryl methyl sites for hydroxylation is 1. The van der Waals surface area contributed by atoms with Gasteiger partial charge >= 0.3 is 0 Å². The van der Waals surface area contributed by atoms with Crippen molar-refractivity contribution in [3.63, 3.8) is 0 Å². The van der Waals surface area contributed by atoms with E-state index >= 15 is 0 Å². The molecule has 1 unspecified atom stereocenters. The third-order valence-corrected chi connectivity index (χ3v) is 5.40. The predicted molar refractivity (Wildman–Crippen MR) is 97.3 cm³/mol. The Bertz CT molecular complexity index is 575. The fourth-order valence-electron chi connectivity index (χ4n) is 2.06. The summed E-state index contributed by atoms with van der Waals surface area (Å²) in [5.74, 6) is 1.34. The zero-order valence-electron chi connectivity index (χ0n) is 13.4. The van der Waals surface area contributed by atoms with Crippen LogP contribution in [0.5, 0.6) is 0 Å². The molecule has 0 saturated heterocycles. The van der Waals surface area contributed by atoms with Crippen molar-refractivity contribution in [3.05, 3.63) is 38.5 Å². The molecule has 4 nitrogen and oxygen atoms in total. The van der Waals surface area contributed by atoms with Crippen molar-refractivity contribution in [2.45, 2.75) is 32.6 Å². The van der Waals surface area contributed by atoms with Gasteiger partial charge in [0.1, 0.15) is 0 Å². The van der Waals surface area contributed by atoms with Crippen LogP contribution in [-0.4, -0.2) is 31.1 Å². The van der Waals surface area contributed by atoms with E-state index in [-0.39, 0.29) is 0 Å². The lowest BCUT2D eigenvalue weighted by Gasteiger charge is -2.15. The molecule has 1 atom stereocenters. The van der Waals surface area contributed by atoms with Gasteiger partial charge in [-0.05, 0) is 34.7 Å². The molecule has 0 saturated carbocycles. The fourth-order valence-corrected chi connectivity index (χ4v) is 3.70. The van der Waals surface area contributed by atoms with Gasteiger partial charge in [0.2, 0.25) is 0 Å². The zero-order valence-corrected chi connectivity index (χ0v) is 15.1. The average molecular weight is 337 g/mol. The first-order chi connectivity index (χ1) is 10.7. The summed E-state index contributed by atoms with van der Waals surface area (Å²) in [6, 6.07) is 2.18. The van der Waals surface area contributed by atoms with Crippen LogP contribution < -0.4 is 10.6 Å². The standard InChI is InChI=1S/C16H24N4S2/c1-4-14-10-19-15(22-14)5-7-18-16(17-3)20-9-12(2)13-6-8-21-11-13/h6,8,10-12H,4-5,7,9H2,1-3H3,(H2,17,18,20). The Kier molecular flexibility index (Phi) is 6.86. The van der Waals surface area contributed by atoms with Crippen molar-refractivity contribution in [3.8, 4) is 0 Å². The molecule has 120 valence electrons. The maximum absolute atomic E-state index is 4.44. The van der Waals surface area contributed by atoms with E-state index in [4.69, 9.17) is 0 Å². The molecule has 6 heteroatoms. The van der Waals surface area contributed by atoms with Crippen molar-refractivity contribution < 1.29 is 0 Å². The Morgan fingerprint density at radius 3 is 2.91 bits per heavy atom. The topological polar surface area (TPSA) is 49.3 Å². The molecular formula is C16H24N4S2. The van der Waals surface area contributed by atoms with Crippen molar-refractivity contribution >= 4 is 28.6 Å². The molecule has 0 amide bonds. The highest BCUT2D eigenvalue weighted by Crippen LogP contribution is 2.17. The summed E-state index contributed by atoms with van der Waals surface area (Å²) in [7, 11) is 1.81. The van der Waals surface area contributed by atoms with E-state index in [0.29, 0.717) is 5.92 Å². The molecule has 0 aliphatic rings. The van der Waals surface area contributed by atoms with Gasteiger partial charge in [-0.25, -0.2) is 4.98 Å². The summed E-state index contributed by atoms with van der Waals surface area (Å²) in [5, 5.41) is 12.3. The Morgan fingerprint density at radius 1 is 1.41 bits per heavy atom. The summed E-state index contributed by atoms with van der Waals surface area (Å²) in [6.07, 6.45) is 3.98. The van der Waals surface area contributed by atoms with E-state index in [2.05, 4.69) is 51.3 Å². The highest BCUT2D eigenvalue weighted by molar-refractivity contribution is 7.11. The second-order valence-electron chi connectivity index (χ2n) is 5.16. The summed E-state index contributed by atoms with van der Waals surface area (Å²) in [4.78, 5) is 10.1. The number of nitrogens with zero attached hydrogens (tertiary/aromatic N) is 2. The summed E-state index contributed by atoms with van der Waals surface area (Å²) in [5.41, 5.74) is 1.38. The number of thiazole rings is 1. The molecule has 0 aliphatic carbocycles. The highest BCUT2D eigenvalue weighted by atomic mass is 32.1. The largest absolute Gasteiger partial charge is 0.356 e. The molecule has 0 spiro atoms. The van der Waals surface area contributed by atoms with E-state index in [1.165, 1.54) is 15.4 Å². The highest BCUT2D eigenvalue weighted by Gasteiger charge is 2.07. The van der Waals surface area contributed by atoms with Crippen LogP contribution in [0.4, 0.5) is 0 Å². The minimum Gasteiger partial charge on any atom is -0.356 e. The molecule has 0 radical (unpaired) electrons. The second kappa shape index (κ2) is 8.90. The van der Waals surface area contributed by atoms with Crippen LogP contribution in [0.2, 0.25) is 0 Å². The maximum atomic E-state index is 4.44. The van der Waals surface area contributed by atoms with E-state index in [1.54, 1.807) is 22.7 Å². The lowest BCUT2D eigenvalue weighted by molar-refractivity contribution is 0.699. The van der Waals surface area contributed by atoms with Crippen LogP contribution in [0.15, 0.2) is 28.0 Å². The molecule has 22 heavy (non-hydrogen) atoms. The molecule has 2 aromatic heterocycles. The first-order valence-corrected chi connectivity index (χ1v) is 9.39.